The van der Waals surface area contributed by atoms with Crippen LogP contribution in [-0.2, 0) is 52.5 Å². The Morgan fingerprint density at radius 2 is 0.515 bits per heavy atom. The van der Waals surface area contributed by atoms with E-state index in [9.17, 15) is 28.8 Å². The second-order valence-electron chi connectivity index (χ2n) is 29.7. The highest BCUT2D eigenvalue weighted by Gasteiger charge is 2.16. The molecule has 0 atom stereocenters. The van der Waals surface area contributed by atoms with Crippen LogP contribution in [0.2, 0.25) is 0 Å². The number of rotatable bonds is 65. The van der Waals surface area contributed by atoms with E-state index in [2.05, 4.69) is 78.8 Å². The average Bonchev–Trinajstić information content (AvgIpc) is 1.82. The molecule has 103 heavy (non-hydrogen) atoms. The molecule has 1 rings (SSSR count). The lowest BCUT2D eigenvalue weighted by atomic mass is 10.0. The van der Waals surface area contributed by atoms with Crippen molar-refractivity contribution in [1.29, 1.82) is 0 Å². The van der Waals surface area contributed by atoms with E-state index in [0.29, 0.717) is 60.7 Å². The van der Waals surface area contributed by atoms with Crippen LogP contribution in [0.25, 0.3) is 0 Å². The van der Waals surface area contributed by atoms with Gasteiger partial charge in [-0.15, -0.1) is 0 Å². The molecule has 0 spiro atoms. The van der Waals surface area contributed by atoms with Gasteiger partial charge in [-0.1, -0.05) is 395 Å². The maximum absolute atomic E-state index is 11.2. The first-order chi connectivity index (χ1) is 49.6. The summed E-state index contributed by atoms with van der Waals surface area (Å²) in [4.78, 5) is 67.1. The van der Waals surface area contributed by atoms with E-state index in [1.807, 2.05) is 0 Å². The van der Waals surface area contributed by atoms with Crippen molar-refractivity contribution in [2.24, 2.45) is 5.92 Å². The normalized spacial score (nSPS) is 11.2. The van der Waals surface area contributed by atoms with E-state index in [1.165, 1.54) is 322 Å². The van der Waals surface area contributed by atoms with Gasteiger partial charge in [-0.3, -0.25) is 4.79 Å². The Morgan fingerprint density at radius 1 is 0.330 bits per heavy atom. The molecule has 12 heteroatoms. The van der Waals surface area contributed by atoms with Gasteiger partial charge in [-0.25, -0.2) is 24.0 Å². The van der Waals surface area contributed by atoms with Crippen LogP contribution in [0.4, 0.5) is 0 Å². The molecule has 0 radical (unpaired) electrons. The quantitative estimate of drug-likeness (QED) is 0.0248. The zero-order chi connectivity index (χ0) is 77.9. The van der Waals surface area contributed by atoms with Gasteiger partial charge in [0.25, 0.3) is 0 Å². The fourth-order valence-corrected chi connectivity index (χ4v) is 11.3. The van der Waals surface area contributed by atoms with Crippen molar-refractivity contribution in [2.45, 2.75) is 429 Å². The van der Waals surface area contributed by atoms with Gasteiger partial charge in [0.1, 0.15) is 0 Å². The summed E-state index contributed by atoms with van der Waals surface area (Å²) in [5.74, 6) is -0.348. The van der Waals surface area contributed by atoms with Crippen LogP contribution in [-0.4, -0.2) is 80.7 Å². The molecule has 1 heterocycles. The summed E-state index contributed by atoms with van der Waals surface area (Å²) in [7, 11) is 1.33. The fourth-order valence-electron chi connectivity index (χ4n) is 11.3. The van der Waals surface area contributed by atoms with Crippen molar-refractivity contribution in [1.82, 2.24) is 4.90 Å². The Balaban J connectivity index is -0.000000390. The second kappa shape index (κ2) is 87.9. The van der Waals surface area contributed by atoms with Crippen LogP contribution in [0.3, 0.4) is 0 Å². The van der Waals surface area contributed by atoms with E-state index in [4.69, 9.17) is 18.9 Å². The number of unbranched alkanes of at least 4 members (excludes halogenated alkanes) is 49. The summed E-state index contributed by atoms with van der Waals surface area (Å²) in [6.07, 6.45) is 75.8. The lowest BCUT2D eigenvalue weighted by Gasteiger charge is -2.05. The van der Waals surface area contributed by atoms with Crippen molar-refractivity contribution in [3.05, 3.63) is 73.5 Å². The first-order valence-corrected chi connectivity index (χ1v) is 42.6. The highest BCUT2D eigenvalue weighted by atomic mass is 16.5. The van der Waals surface area contributed by atoms with Gasteiger partial charge in [0.05, 0.1) is 33.5 Å². The van der Waals surface area contributed by atoms with Crippen LogP contribution in [0.15, 0.2) is 73.5 Å². The molecule has 0 unspecified atom stereocenters. The molecule has 0 aromatic heterocycles. The molecular formula is C91H169NO11. The number of likely N-dealkylation sites (tertiary alicyclic amines) is 1. The van der Waals surface area contributed by atoms with Crippen molar-refractivity contribution in [3.8, 4) is 0 Å². The number of carbonyl (C=O) groups excluding carboxylic acids is 6. The number of ether oxygens (including phenoxy) is 5. The lowest BCUT2D eigenvalue weighted by molar-refractivity contribution is -0.139. The monoisotopic (exact) mass is 1450 g/mol. The summed E-state index contributed by atoms with van der Waals surface area (Å²) in [5, 5.41) is 0. The van der Waals surface area contributed by atoms with Gasteiger partial charge >= 0.3 is 29.8 Å². The summed E-state index contributed by atoms with van der Waals surface area (Å²) in [5.41, 5.74) is 2.39. The van der Waals surface area contributed by atoms with Gasteiger partial charge in [0.2, 0.25) is 5.91 Å². The van der Waals surface area contributed by atoms with Gasteiger partial charge in [-0.05, 0) is 78.8 Å². The molecule has 0 saturated carbocycles. The molecule has 12 nitrogen and oxygen atoms in total. The zero-order valence-corrected chi connectivity index (χ0v) is 70.0. The number of methoxy groups -OCH3 is 1. The Morgan fingerprint density at radius 3 is 0.641 bits per heavy atom. The van der Waals surface area contributed by atoms with Gasteiger partial charge in [-0.2, -0.15) is 0 Å². The smallest absolute Gasteiger partial charge is 0.333 e. The van der Waals surface area contributed by atoms with Crippen LogP contribution < -0.4 is 0 Å². The van der Waals surface area contributed by atoms with Crippen LogP contribution in [0.5, 0.6) is 0 Å². The maximum atomic E-state index is 11.2. The number of carbonyl (C=O) groups is 6. The molecular weight excluding hydrogens is 1280 g/mol. The van der Waals surface area contributed by atoms with E-state index >= 15 is 0 Å². The Hall–Kier alpha value is -4.74. The first kappa shape index (κ1) is 107. The van der Waals surface area contributed by atoms with E-state index in [1.54, 1.807) is 45.7 Å². The first-order valence-electron chi connectivity index (χ1n) is 42.6. The maximum Gasteiger partial charge on any atom is 0.333 e. The Labute approximate surface area is 638 Å². The van der Waals surface area contributed by atoms with Crippen molar-refractivity contribution < 1.29 is 52.5 Å². The third kappa shape index (κ3) is 93.3. The molecule has 0 aromatic carbocycles. The highest BCUT2D eigenvalue weighted by Crippen LogP contribution is 2.19. The van der Waals surface area contributed by atoms with Crippen molar-refractivity contribution >= 4 is 35.8 Å². The summed E-state index contributed by atoms with van der Waals surface area (Å²) in [6, 6.07) is 0. The molecule has 1 amide bonds. The molecule has 1 fully saturated rings. The predicted octanol–water partition coefficient (Wildman–Crippen LogP) is 27.7. The lowest BCUT2D eigenvalue weighted by Crippen LogP contribution is -2.16. The van der Waals surface area contributed by atoms with E-state index < -0.39 is 0 Å². The molecule has 1 aliphatic heterocycles. The molecule has 604 valence electrons. The summed E-state index contributed by atoms with van der Waals surface area (Å²) >= 11 is 0. The SMILES string of the molecule is C=C(C)C(=O)OC.C=C(C)C(=O)OCCCCCCCC(C)C.C=C(C)C(=O)OCCCCCCCCCCCCCCCC.C=C(C)C(=O)OCCCCCCCCCCCCCCCCCC.C=C(C)C(=O)OCCCCCCCCCCCCCCCCCCCC.C=CN1CCCC1=O. The molecule has 0 bridgehead atoms. The third-order valence-electron chi connectivity index (χ3n) is 18.1. The number of esters is 5. The second-order valence-corrected chi connectivity index (χ2v) is 29.7. The molecule has 1 aliphatic rings. The van der Waals surface area contributed by atoms with Gasteiger partial charge < -0.3 is 28.6 Å². The minimum Gasteiger partial charge on any atom is -0.466 e. The van der Waals surface area contributed by atoms with Crippen LogP contribution >= 0.6 is 0 Å². The standard InChI is InChI=1S/C24H46O2.C22H42O2.C20H38O2.C14H26O2.C6H9NO.C5H8O2/c1-4-5-6-7-8-9-10-11-12-13-14-15-16-17-18-19-20-21-22-26-24(25)23(2)3;1-4-5-6-7-8-9-10-11-12-13-14-15-16-17-18-19-20-24-22(23)21(2)3;1-4-5-6-7-8-9-10-11-12-13-14-15-16-17-18-22-20(21)19(2)3;1-12(2)10-8-6-5-7-9-11-16-14(15)13(3)4;1-2-7-5-3-4-6(7)8;1-4(2)5(6)7-3/h2,4-22H2,1,3H3;2,4-20H2,1,3H3;2,4-18H2,1,3H3;12H,3,5-11H2,1-2,4H3;2H,1,3-5H2;1H2,2-3H3. The van der Waals surface area contributed by atoms with Crippen molar-refractivity contribution in [3.63, 3.8) is 0 Å². The zero-order valence-electron chi connectivity index (χ0n) is 70.0. The number of nitrogens with zero attached hydrogens (tertiary/aromatic N) is 1. The molecule has 0 N–H and O–H groups in total. The Kier molecular flexibility index (Phi) is 91.2. The predicted molar refractivity (Wildman–Crippen MR) is 442 cm³/mol. The van der Waals surface area contributed by atoms with Crippen LogP contribution in [0, 0.1) is 5.92 Å². The van der Waals surface area contributed by atoms with Crippen LogP contribution in [0.1, 0.15) is 429 Å². The number of amides is 1. The number of hydrogen-bond acceptors (Lipinski definition) is 11. The molecule has 0 aliphatic carbocycles. The summed E-state index contributed by atoms with van der Waals surface area (Å²) in [6.45, 7) is 43.9. The minimum atomic E-state index is -0.347. The molecule has 0 aromatic rings. The summed E-state index contributed by atoms with van der Waals surface area (Å²) < 4.78 is 24.5. The average molecular weight is 1450 g/mol. The fraction of sp³-hybridized carbons (Fsp3) is 0.802. The van der Waals surface area contributed by atoms with E-state index in [0.717, 1.165) is 51.0 Å². The van der Waals surface area contributed by atoms with E-state index in [-0.39, 0.29) is 35.8 Å². The Bertz CT molecular complexity index is 2020. The van der Waals surface area contributed by atoms with Gasteiger partial charge in [0, 0.05) is 40.8 Å². The minimum absolute atomic E-state index is 0.208. The van der Waals surface area contributed by atoms with Gasteiger partial charge in [0.15, 0.2) is 0 Å². The molecule has 1 saturated heterocycles. The highest BCUT2D eigenvalue weighted by molar-refractivity contribution is 5.88. The van der Waals surface area contributed by atoms with Crippen molar-refractivity contribution in [2.75, 3.05) is 40.1 Å². The topological polar surface area (TPSA) is 152 Å². The number of hydrogen-bond donors (Lipinski definition) is 0. The largest absolute Gasteiger partial charge is 0.466 e. The third-order valence-corrected chi connectivity index (χ3v) is 18.1.